The van der Waals surface area contributed by atoms with Gasteiger partial charge in [-0.15, -0.1) is 0 Å². The summed E-state index contributed by atoms with van der Waals surface area (Å²) in [5.74, 6) is -0.459. The Labute approximate surface area is 119 Å². The molecule has 0 bridgehead atoms. The van der Waals surface area contributed by atoms with Crippen molar-refractivity contribution in [2.45, 2.75) is 26.3 Å². The molecule has 1 N–H and O–H groups in total. The van der Waals surface area contributed by atoms with Crippen LogP contribution in [0.1, 0.15) is 30.6 Å². The molecule has 0 saturated carbocycles. The zero-order valence-corrected chi connectivity index (χ0v) is 12.1. The summed E-state index contributed by atoms with van der Waals surface area (Å²) >= 11 is 0. The zero-order chi connectivity index (χ0) is 14.7. The molecule has 3 unspecified atom stereocenters. The SMILES string of the molecule is CC(CN1CCC(C)C1CO)C(=O)c1ccccc1F. The largest absolute Gasteiger partial charge is 0.395 e. The summed E-state index contributed by atoms with van der Waals surface area (Å²) in [5.41, 5.74) is 0.160. The molecule has 3 atom stereocenters. The standard InChI is InChI=1S/C16H22FNO2/c1-11-7-8-18(15(11)10-19)9-12(2)16(20)13-5-3-4-6-14(13)17/h3-6,11-12,15,19H,7-10H2,1-2H3. The van der Waals surface area contributed by atoms with E-state index in [2.05, 4.69) is 11.8 Å². The molecule has 0 radical (unpaired) electrons. The first-order valence-corrected chi connectivity index (χ1v) is 7.18. The highest BCUT2D eigenvalue weighted by Gasteiger charge is 2.32. The Hall–Kier alpha value is -1.26. The van der Waals surface area contributed by atoms with E-state index in [1.165, 1.54) is 12.1 Å². The average molecular weight is 279 g/mol. The van der Waals surface area contributed by atoms with E-state index < -0.39 is 5.82 Å². The number of Topliss-reactive ketones (excluding diaryl/α,β-unsaturated/α-hetero) is 1. The molecule has 0 spiro atoms. The first-order valence-electron chi connectivity index (χ1n) is 7.18. The van der Waals surface area contributed by atoms with Gasteiger partial charge < -0.3 is 5.11 Å². The number of aliphatic hydroxyl groups excluding tert-OH is 1. The summed E-state index contributed by atoms with van der Waals surface area (Å²) in [6.45, 7) is 5.52. The fraction of sp³-hybridized carbons (Fsp3) is 0.562. The summed E-state index contributed by atoms with van der Waals surface area (Å²) in [7, 11) is 0. The van der Waals surface area contributed by atoms with Crippen molar-refractivity contribution in [2.24, 2.45) is 11.8 Å². The highest BCUT2D eigenvalue weighted by atomic mass is 19.1. The molecule has 1 aliphatic heterocycles. The van der Waals surface area contributed by atoms with Crippen molar-refractivity contribution in [3.63, 3.8) is 0 Å². The van der Waals surface area contributed by atoms with Gasteiger partial charge in [0.15, 0.2) is 5.78 Å². The van der Waals surface area contributed by atoms with Crippen molar-refractivity contribution >= 4 is 5.78 Å². The lowest BCUT2D eigenvalue weighted by Gasteiger charge is -2.27. The topological polar surface area (TPSA) is 40.5 Å². The van der Waals surface area contributed by atoms with E-state index in [1.807, 2.05) is 6.92 Å². The van der Waals surface area contributed by atoms with Crippen molar-refractivity contribution in [3.05, 3.63) is 35.6 Å². The average Bonchev–Trinajstić information content (AvgIpc) is 2.78. The number of rotatable bonds is 5. The number of carbonyl (C=O) groups excluding carboxylic acids is 1. The molecule has 1 aliphatic rings. The third kappa shape index (κ3) is 3.07. The lowest BCUT2D eigenvalue weighted by molar-refractivity contribution is 0.0839. The third-order valence-electron chi connectivity index (χ3n) is 4.28. The van der Waals surface area contributed by atoms with Crippen molar-refractivity contribution in [3.8, 4) is 0 Å². The number of hydrogen-bond donors (Lipinski definition) is 1. The summed E-state index contributed by atoms with van der Waals surface area (Å²) in [4.78, 5) is 14.4. The monoisotopic (exact) mass is 279 g/mol. The third-order valence-corrected chi connectivity index (χ3v) is 4.28. The number of ketones is 1. The lowest BCUT2D eigenvalue weighted by Crippen LogP contribution is -2.39. The van der Waals surface area contributed by atoms with Crippen molar-refractivity contribution in [1.29, 1.82) is 0 Å². The molecule has 2 rings (SSSR count). The molecule has 0 aliphatic carbocycles. The summed E-state index contributed by atoms with van der Waals surface area (Å²) < 4.78 is 13.6. The highest BCUT2D eigenvalue weighted by molar-refractivity contribution is 5.98. The predicted molar refractivity (Wildman–Crippen MR) is 76.1 cm³/mol. The Morgan fingerprint density at radius 2 is 2.20 bits per heavy atom. The Morgan fingerprint density at radius 1 is 1.50 bits per heavy atom. The highest BCUT2D eigenvalue weighted by Crippen LogP contribution is 2.25. The van der Waals surface area contributed by atoms with Crippen molar-refractivity contribution in [1.82, 2.24) is 4.90 Å². The van der Waals surface area contributed by atoms with E-state index in [9.17, 15) is 14.3 Å². The molecule has 0 amide bonds. The minimum Gasteiger partial charge on any atom is -0.395 e. The molecule has 1 heterocycles. The fourth-order valence-electron chi connectivity index (χ4n) is 2.97. The predicted octanol–water partition coefficient (Wildman–Crippen LogP) is 2.35. The van der Waals surface area contributed by atoms with Crippen LogP contribution in [-0.2, 0) is 0 Å². The fourth-order valence-corrected chi connectivity index (χ4v) is 2.97. The molecule has 1 aromatic rings. The van der Waals surface area contributed by atoms with Crippen molar-refractivity contribution in [2.75, 3.05) is 19.7 Å². The van der Waals surface area contributed by atoms with Crippen LogP contribution < -0.4 is 0 Å². The van der Waals surface area contributed by atoms with E-state index in [0.29, 0.717) is 12.5 Å². The van der Waals surface area contributed by atoms with Crippen LogP contribution in [-0.4, -0.2) is 41.5 Å². The Morgan fingerprint density at radius 3 is 2.85 bits per heavy atom. The van der Waals surface area contributed by atoms with Crippen LogP contribution in [0.4, 0.5) is 4.39 Å². The normalized spacial score (nSPS) is 24.8. The first-order chi connectivity index (χ1) is 9.54. The summed E-state index contributed by atoms with van der Waals surface area (Å²) in [5, 5.41) is 9.43. The number of halogens is 1. The Balaban J connectivity index is 2.03. The maximum atomic E-state index is 13.6. The second-order valence-electron chi connectivity index (χ2n) is 5.76. The van der Waals surface area contributed by atoms with Crippen LogP contribution in [0.2, 0.25) is 0 Å². The number of aliphatic hydroxyl groups is 1. The Bertz CT molecular complexity index is 477. The molecular weight excluding hydrogens is 257 g/mol. The molecule has 0 aromatic heterocycles. The van der Waals surface area contributed by atoms with Gasteiger partial charge in [-0.05, 0) is 31.0 Å². The number of hydrogen-bond acceptors (Lipinski definition) is 3. The van der Waals surface area contributed by atoms with Gasteiger partial charge in [0, 0.05) is 18.5 Å². The van der Waals surface area contributed by atoms with Gasteiger partial charge in [0.2, 0.25) is 0 Å². The number of nitrogens with zero attached hydrogens (tertiary/aromatic N) is 1. The van der Waals surface area contributed by atoms with E-state index >= 15 is 0 Å². The minimum atomic E-state index is -0.460. The molecule has 20 heavy (non-hydrogen) atoms. The van der Waals surface area contributed by atoms with Crippen LogP contribution in [0.25, 0.3) is 0 Å². The molecule has 3 nitrogen and oxygen atoms in total. The van der Waals surface area contributed by atoms with Crippen LogP contribution in [0.5, 0.6) is 0 Å². The number of carbonyl (C=O) groups is 1. The quantitative estimate of drug-likeness (QED) is 0.841. The molecule has 110 valence electrons. The summed E-state index contributed by atoms with van der Waals surface area (Å²) in [6.07, 6.45) is 1.03. The lowest BCUT2D eigenvalue weighted by atomic mass is 9.97. The molecule has 1 fully saturated rings. The van der Waals surface area contributed by atoms with Gasteiger partial charge in [0.05, 0.1) is 12.2 Å². The van der Waals surface area contributed by atoms with Gasteiger partial charge >= 0.3 is 0 Å². The van der Waals surface area contributed by atoms with Gasteiger partial charge in [0.1, 0.15) is 5.82 Å². The van der Waals surface area contributed by atoms with Gasteiger partial charge in [0.25, 0.3) is 0 Å². The van der Waals surface area contributed by atoms with Gasteiger partial charge in [-0.25, -0.2) is 4.39 Å². The van der Waals surface area contributed by atoms with E-state index in [1.54, 1.807) is 12.1 Å². The van der Waals surface area contributed by atoms with Gasteiger partial charge in [-0.2, -0.15) is 0 Å². The molecule has 1 saturated heterocycles. The van der Waals surface area contributed by atoms with E-state index in [0.717, 1.165) is 13.0 Å². The van der Waals surface area contributed by atoms with E-state index in [4.69, 9.17) is 0 Å². The number of likely N-dealkylation sites (tertiary alicyclic amines) is 1. The smallest absolute Gasteiger partial charge is 0.169 e. The number of benzene rings is 1. The second kappa shape index (κ2) is 6.46. The minimum absolute atomic E-state index is 0.113. The molecular formula is C16H22FNO2. The first kappa shape index (κ1) is 15.1. The van der Waals surface area contributed by atoms with Crippen molar-refractivity contribution < 1.29 is 14.3 Å². The maximum Gasteiger partial charge on any atom is 0.169 e. The zero-order valence-electron chi connectivity index (χ0n) is 12.1. The molecule has 1 aromatic carbocycles. The van der Waals surface area contributed by atoms with Gasteiger partial charge in [-0.1, -0.05) is 26.0 Å². The second-order valence-corrected chi connectivity index (χ2v) is 5.76. The molecule has 4 heteroatoms. The van der Waals surface area contributed by atoms with Crippen LogP contribution >= 0.6 is 0 Å². The van der Waals surface area contributed by atoms with Crippen LogP contribution in [0.3, 0.4) is 0 Å². The Kier molecular flexibility index (Phi) is 4.89. The summed E-state index contributed by atoms with van der Waals surface area (Å²) in [6, 6.07) is 6.22. The van der Waals surface area contributed by atoms with Crippen LogP contribution in [0.15, 0.2) is 24.3 Å². The van der Waals surface area contributed by atoms with Gasteiger partial charge in [-0.3, -0.25) is 9.69 Å². The maximum absolute atomic E-state index is 13.6. The van der Waals surface area contributed by atoms with Crippen LogP contribution in [0, 0.1) is 17.7 Å². The van der Waals surface area contributed by atoms with E-state index in [-0.39, 0.29) is 29.9 Å².